The molecule has 32 heavy (non-hydrogen) atoms. The maximum atomic E-state index is 11.1. The molecule has 0 spiro atoms. The molecule has 0 atom stereocenters. The number of allylic oxidation sites excluding steroid dienone is 2. The molecular formula is C27H25N3O2. The van der Waals surface area contributed by atoms with Gasteiger partial charge in [0.15, 0.2) is 5.82 Å². The monoisotopic (exact) mass is 423 g/mol. The van der Waals surface area contributed by atoms with Gasteiger partial charge in [-0.2, -0.15) is 5.10 Å². The molecule has 0 bridgehead atoms. The Balaban J connectivity index is 1.41. The number of aromatic amines is 1. The molecule has 0 saturated heterocycles. The van der Waals surface area contributed by atoms with Crippen molar-refractivity contribution in [1.82, 2.24) is 10.2 Å². The van der Waals surface area contributed by atoms with Gasteiger partial charge in [0.25, 0.3) is 0 Å². The number of hydrogen-bond donors (Lipinski definition) is 3. The first kappa shape index (κ1) is 20.1. The normalized spacial score (nSPS) is 13.7. The molecule has 0 fully saturated rings. The number of carboxylic acids is 1. The molecule has 0 saturated carbocycles. The van der Waals surface area contributed by atoms with Crippen LogP contribution in [0.4, 0.5) is 5.82 Å². The second kappa shape index (κ2) is 8.71. The number of hydrogen-bond acceptors (Lipinski definition) is 3. The SMILES string of the molecule is O=C(O)c1ccc(CNc2n[nH]c3cccc(-c4ccc(C5=CCCCC5)cc4)c23)cc1. The van der Waals surface area contributed by atoms with Crippen molar-refractivity contribution in [1.29, 1.82) is 0 Å². The number of carbonyl (C=O) groups is 1. The van der Waals surface area contributed by atoms with Crippen LogP contribution in [-0.2, 0) is 6.54 Å². The van der Waals surface area contributed by atoms with Gasteiger partial charge in [0.2, 0.25) is 0 Å². The van der Waals surface area contributed by atoms with E-state index in [2.05, 4.69) is 51.9 Å². The highest BCUT2D eigenvalue weighted by molar-refractivity contribution is 6.02. The first-order valence-electron chi connectivity index (χ1n) is 11.0. The summed E-state index contributed by atoms with van der Waals surface area (Å²) in [5.74, 6) is -0.129. The van der Waals surface area contributed by atoms with E-state index in [0.717, 1.165) is 39.8 Å². The summed E-state index contributed by atoms with van der Waals surface area (Å²) in [7, 11) is 0. The van der Waals surface area contributed by atoms with Crippen LogP contribution in [0.15, 0.2) is 72.8 Å². The van der Waals surface area contributed by atoms with Crippen LogP contribution in [0.3, 0.4) is 0 Å². The lowest BCUT2D eigenvalue weighted by Crippen LogP contribution is -2.02. The summed E-state index contributed by atoms with van der Waals surface area (Å²) < 4.78 is 0. The predicted octanol–water partition coefficient (Wildman–Crippen LogP) is 6.50. The van der Waals surface area contributed by atoms with E-state index < -0.39 is 5.97 Å². The molecule has 0 amide bonds. The molecule has 0 aliphatic heterocycles. The molecular weight excluding hydrogens is 398 g/mol. The highest BCUT2D eigenvalue weighted by Gasteiger charge is 2.13. The summed E-state index contributed by atoms with van der Waals surface area (Å²) in [4.78, 5) is 11.1. The largest absolute Gasteiger partial charge is 0.478 e. The third-order valence-electron chi connectivity index (χ3n) is 6.11. The third kappa shape index (κ3) is 4.02. The number of aromatic carboxylic acids is 1. The van der Waals surface area contributed by atoms with Gasteiger partial charge in [0.05, 0.1) is 16.5 Å². The van der Waals surface area contributed by atoms with Gasteiger partial charge >= 0.3 is 5.97 Å². The van der Waals surface area contributed by atoms with E-state index in [1.165, 1.54) is 30.4 Å². The molecule has 1 aliphatic carbocycles. The highest BCUT2D eigenvalue weighted by Crippen LogP contribution is 2.34. The Kier molecular flexibility index (Phi) is 5.46. The first-order valence-corrected chi connectivity index (χ1v) is 11.0. The van der Waals surface area contributed by atoms with Crippen molar-refractivity contribution in [2.45, 2.75) is 32.2 Å². The Bertz CT molecular complexity index is 1280. The van der Waals surface area contributed by atoms with Crippen molar-refractivity contribution in [3.8, 4) is 11.1 Å². The van der Waals surface area contributed by atoms with Crippen molar-refractivity contribution >= 4 is 28.3 Å². The van der Waals surface area contributed by atoms with Gasteiger partial charge in [0.1, 0.15) is 0 Å². The quantitative estimate of drug-likeness (QED) is 0.331. The molecule has 5 heteroatoms. The Morgan fingerprint density at radius 1 is 0.969 bits per heavy atom. The van der Waals surface area contributed by atoms with Crippen LogP contribution in [0.2, 0.25) is 0 Å². The summed E-state index contributed by atoms with van der Waals surface area (Å²) in [6, 6.07) is 21.9. The van der Waals surface area contributed by atoms with E-state index >= 15 is 0 Å². The van der Waals surface area contributed by atoms with Crippen LogP contribution < -0.4 is 5.32 Å². The number of H-pyrrole nitrogens is 1. The lowest BCUT2D eigenvalue weighted by Gasteiger charge is -2.14. The molecule has 3 aromatic carbocycles. The number of benzene rings is 3. The van der Waals surface area contributed by atoms with Gasteiger partial charge in [-0.1, -0.05) is 54.6 Å². The fourth-order valence-corrected chi connectivity index (χ4v) is 4.36. The lowest BCUT2D eigenvalue weighted by atomic mass is 9.92. The van der Waals surface area contributed by atoms with E-state index in [1.807, 2.05) is 24.3 Å². The van der Waals surface area contributed by atoms with E-state index in [9.17, 15) is 4.79 Å². The second-order valence-corrected chi connectivity index (χ2v) is 8.21. The molecule has 5 rings (SSSR count). The lowest BCUT2D eigenvalue weighted by molar-refractivity contribution is 0.0697. The van der Waals surface area contributed by atoms with Crippen LogP contribution in [0, 0.1) is 0 Å². The molecule has 1 heterocycles. The predicted molar refractivity (Wildman–Crippen MR) is 129 cm³/mol. The van der Waals surface area contributed by atoms with E-state index in [0.29, 0.717) is 6.54 Å². The minimum absolute atomic E-state index is 0.286. The second-order valence-electron chi connectivity index (χ2n) is 8.21. The van der Waals surface area contributed by atoms with Gasteiger partial charge in [-0.3, -0.25) is 5.10 Å². The Labute approximate surface area is 186 Å². The standard InChI is InChI=1S/C27H25N3O2/c31-27(32)22-11-9-18(10-12-22)17-28-26-25-23(7-4-8-24(25)29-30-26)21-15-13-20(14-16-21)19-5-2-1-3-6-19/h4-5,7-16H,1-3,6,17H2,(H,31,32)(H2,28,29,30). The average Bonchev–Trinajstić information content (AvgIpc) is 3.27. The van der Waals surface area contributed by atoms with Gasteiger partial charge in [-0.15, -0.1) is 0 Å². The zero-order valence-electron chi connectivity index (χ0n) is 17.8. The van der Waals surface area contributed by atoms with Crippen molar-refractivity contribution in [3.05, 3.63) is 89.5 Å². The third-order valence-corrected chi connectivity index (χ3v) is 6.11. The fraction of sp³-hybridized carbons (Fsp3) is 0.185. The number of nitrogens with one attached hydrogen (secondary N) is 2. The zero-order chi connectivity index (χ0) is 21.9. The summed E-state index contributed by atoms with van der Waals surface area (Å²) in [5, 5.41) is 21.1. The number of fused-ring (bicyclic) bond motifs is 1. The van der Waals surface area contributed by atoms with Crippen molar-refractivity contribution in [3.63, 3.8) is 0 Å². The van der Waals surface area contributed by atoms with Crippen LogP contribution >= 0.6 is 0 Å². The van der Waals surface area contributed by atoms with Gasteiger partial charge < -0.3 is 10.4 Å². The molecule has 0 unspecified atom stereocenters. The van der Waals surface area contributed by atoms with Crippen molar-refractivity contribution < 1.29 is 9.90 Å². The average molecular weight is 424 g/mol. The number of carboxylic acid groups (broad SMARTS) is 1. The molecule has 4 aromatic rings. The summed E-state index contributed by atoms with van der Waals surface area (Å²) in [5.41, 5.74) is 7.32. The Morgan fingerprint density at radius 2 is 1.75 bits per heavy atom. The molecule has 0 radical (unpaired) electrons. The smallest absolute Gasteiger partial charge is 0.335 e. The van der Waals surface area contributed by atoms with Crippen molar-refractivity contribution in [2.24, 2.45) is 0 Å². The molecule has 1 aromatic heterocycles. The van der Waals surface area contributed by atoms with Crippen molar-refractivity contribution in [2.75, 3.05) is 5.32 Å². The van der Waals surface area contributed by atoms with Crippen LogP contribution in [0.1, 0.15) is 47.2 Å². The summed E-state index contributed by atoms with van der Waals surface area (Å²) >= 11 is 0. The topological polar surface area (TPSA) is 78.0 Å². The van der Waals surface area contributed by atoms with Gasteiger partial charge in [0, 0.05) is 6.54 Å². The Hall–Kier alpha value is -3.86. The summed E-state index contributed by atoms with van der Waals surface area (Å²) in [6.07, 6.45) is 7.29. The number of anilines is 1. The van der Waals surface area contributed by atoms with Crippen LogP contribution in [0.5, 0.6) is 0 Å². The minimum atomic E-state index is -0.918. The van der Waals surface area contributed by atoms with E-state index in [4.69, 9.17) is 5.11 Å². The number of nitrogens with zero attached hydrogens (tertiary/aromatic N) is 1. The zero-order valence-corrected chi connectivity index (χ0v) is 17.8. The molecule has 160 valence electrons. The number of aromatic nitrogens is 2. The fourth-order valence-electron chi connectivity index (χ4n) is 4.36. The highest BCUT2D eigenvalue weighted by atomic mass is 16.4. The first-order chi connectivity index (χ1) is 15.7. The number of rotatable bonds is 6. The van der Waals surface area contributed by atoms with E-state index in [-0.39, 0.29) is 5.56 Å². The minimum Gasteiger partial charge on any atom is -0.478 e. The Morgan fingerprint density at radius 3 is 2.47 bits per heavy atom. The van der Waals surface area contributed by atoms with Crippen LogP contribution in [0.25, 0.3) is 27.6 Å². The maximum Gasteiger partial charge on any atom is 0.335 e. The van der Waals surface area contributed by atoms with Gasteiger partial charge in [-0.25, -0.2) is 4.79 Å². The van der Waals surface area contributed by atoms with Crippen LogP contribution in [-0.4, -0.2) is 21.3 Å². The molecule has 5 nitrogen and oxygen atoms in total. The summed E-state index contributed by atoms with van der Waals surface area (Å²) in [6.45, 7) is 0.557. The van der Waals surface area contributed by atoms with Gasteiger partial charge in [-0.05, 0) is 71.7 Å². The maximum absolute atomic E-state index is 11.1. The van der Waals surface area contributed by atoms with E-state index in [1.54, 1.807) is 12.1 Å². The molecule has 1 aliphatic rings. The molecule has 3 N–H and O–H groups in total.